The van der Waals surface area contributed by atoms with Crippen molar-refractivity contribution in [3.05, 3.63) is 34.7 Å². The first kappa shape index (κ1) is 13.5. The molecule has 106 valence electrons. The Morgan fingerprint density at radius 2 is 2.25 bits per heavy atom. The minimum absolute atomic E-state index is 0.102. The van der Waals surface area contributed by atoms with E-state index < -0.39 is 6.10 Å². The summed E-state index contributed by atoms with van der Waals surface area (Å²) in [6.45, 7) is 2.83. The van der Waals surface area contributed by atoms with Crippen molar-refractivity contribution in [1.29, 1.82) is 0 Å². The number of carbonyl (C=O) groups excluding carboxylic acids is 1. The van der Waals surface area contributed by atoms with Crippen LogP contribution in [0.1, 0.15) is 21.7 Å². The molecule has 0 radical (unpaired) electrons. The summed E-state index contributed by atoms with van der Waals surface area (Å²) in [4.78, 5) is 13.1. The molecule has 1 amide bonds. The second kappa shape index (κ2) is 5.52. The SMILES string of the molecule is Cc1c(C(=O)N[C@@H]2CCOC[C@H]2O)sc2ccccc12. The maximum Gasteiger partial charge on any atom is 0.261 e. The highest BCUT2D eigenvalue weighted by Gasteiger charge is 2.26. The standard InChI is InChI=1S/C15H17NO3S/c1-9-10-4-2-3-5-13(10)20-14(9)15(18)16-11-6-7-19-8-12(11)17/h2-5,11-12,17H,6-8H2,1H3,(H,16,18)/t11-,12-/m1/s1. The van der Waals surface area contributed by atoms with Gasteiger partial charge in [-0.1, -0.05) is 18.2 Å². The molecule has 1 aliphatic rings. The zero-order chi connectivity index (χ0) is 14.1. The summed E-state index contributed by atoms with van der Waals surface area (Å²) >= 11 is 1.50. The summed E-state index contributed by atoms with van der Waals surface area (Å²) in [5.41, 5.74) is 1.00. The number of hydrogen-bond acceptors (Lipinski definition) is 4. The lowest BCUT2D eigenvalue weighted by Gasteiger charge is -2.28. The van der Waals surface area contributed by atoms with Crippen molar-refractivity contribution < 1.29 is 14.6 Å². The fourth-order valence-electron chi connectivity index (χ4n) is 2.52. The molecule has 2 aromatic rings. The van der Waals surface area contributed by atoms with E-state index >= 15 is 0 Å². The number of hydrogen-bond donors (Lipinski definition) is 2. The van der Waals surface area contributed by atoms with E-state index in [2.05, 4.69) is 5.32 Å². The fourth-order valence-corrected chi connectivity index (χ4v) is 3.63. The Balaban J connectivity index is 1.83. The summed E-state index contributed by atoms with van der Waals surface area (Å²) in [5, 5.41) is 13.9. The number of ether oxygens (including phenoxy) is 1. The van der Waals surface area contributed by atoms with Gasteiger partial charge in [-0.25, -0.2) is 0 Å². The fraction of sp³-hybridized carbons (Fsp3) is 0.400. The molecule has 1 aromatic heterocycles. The smallest absolute Gasteiger partial charge is 0.261 e. The van der Waals surface area contributed by atoms with Crippen molar-refractivity contribution in [2.75, 3.05) is 13.2 Å². The largest absolute Gasteiger partial charge is 0.389 e. The summed E-state index contributed by atoms with van der Waals surface area (Å²) in [5.74, 6) is -0.102. The van der Waals surface area contributed by atoms with Crippen LogP contribution < -0.4 is 5.32 Å². The van der Waals surface area contributed by atoms with Crippen LogP contribution in [0.3, 0.4) is 0 Å². The Morgan fingerprint density at radius 1 is 1.45 bits per heavy atom. The third kappa shape index (κ3) is 2.44. The molecule has 1 fully saturated rings. The van der Waals surface area contributed by atoms with Crippen LogP contribution in [0.2, 0.25) is 0 Å². The summed E-state index contributed by atoms with van der Waals surface area (Å²) in [6.07, 6.45) is 0.0269. The second-order valence-corrected chi connectivity index (χ2v) is 6.12. The van der Waals surface area contributed by atoms with Gasteiger partial charge >= 0.3 is 0 Å². The van der Waals surface area contributed by atoms with Gasteiger partial charge < -0.3 is 15.2 Å². The van der Waals surface area contributed by atoms with Gasteiger partial charge in [0.2, 0.25) is 0 Å². The average molecular weight is 291 g/mol. The molecular formula is C15H17NO3S. The molecule has 0 bridgehead atoms. The van der Waals surface area contributed by atoms with E-state index in [4.69, 9.17) is 4.74 Å². The van der Waals surface area contributed by atoms with Gasteiger partial charge in [-0.15, -0.1) is 11.3 Å². The van der Waals surface area contributed by atoms with Crippen molar-refractivity contribution in [2.45, 2.75) is 25.5 Å². The van der Waals surface area contributed by atoms with Crippen LogP contribution in [0.25, 0.3) is 10.1 Å². The van der Waals surface area contributed by atoms with Crippen molar-refractivity contribution in [3.63, 3.8) is 0 Å². The van der Waals surface area contributed by atoms with Crippen molar-refractivity contribution in [1.82, 2.24) is 5.32 Å². The number of carbonyl (C=O) groups is 1. The van der Waals surface area contributed by atoms with Crippen LogP contribution in [0.15, 0.2) is 24.3 Å². The Kier molecular flexibility index (Phi) is 3.74. The third-order valence-corrected chi connectivity index (χ3v) is 4.96. The average Bonchev–Trinajstić information content (AvgIpc) is 2.79. The van der Waals surface area contributed by atoms with Crippen LogP contribution >= 0.6 is 11.3 Å². The van der Waals surface area contributed by atoms with Crippen LogP contribution in [-0.2, 0) is 4.74 Å². The highest BCUT2D eigenvalue weighted by molar-refractivity contribution is 7.21. The summed E-state index contributed by atoms with van der Waals surface area (Å²) in [7, 11) is 0. The Hall–Kier alpha value is -1.43. The Labute approximate surface area is 121 Å². The molecule has 0 aliphatic carbocycles. The highest BCUT2D eigenvalue weighted by atomic mass is 32.1. The zero-order valence-corrected chi connectivity index (χ0v) is 12.1. The number of nitrogens with one attached hydrogen (secondary N) is 1. The third-order valence-electron chi connectivity index (χ3n) is 3.69. The van der Waals surface area contributed by atoms with Crippen LogP contribution in [0.5, 0.6) is 0 Å². The number of aliphatic hydroxyl groups excluding tert-OH is 1. The van der Waals surface area contributed by atoms with E-state index in [1.807, 2.05) is 31.2 Å². The minimum Gasteiger partial charge on any atom is -0.389 e. The first-order valence-corrected chi connectivity index (χ1v) is 7.53. The van der Waals surface area contributed by atoms with Crippen LogP contribution in [0, 0.1) is 6.92 Å². The van der Waals surface area contributed by atoms with Gasteiger partial charge in [0.1, 0.15) is 0 Å². The predicted molar refractivity (Wildman–Crippen MR) is 79.3 cm³/mol. The van der Waals surface area contributed by atoms with Gasteiger partial charge in [-0.2, -0.15) is 0 Å². The monoisotopic (exact) mass is 291 g/mol. The van der Waals surface area contributed by atoms with Crippen LogP contribution in [-0.4, -0.2) is 36.4 Å². The number of thiophene rings is 1. The van der Waals surface area contributed by atoms with Gasteiger partial charge in [0.25, 0.3) is 5.91 Å². The molecule has 5 heteroatoms. The number of aliphatic hydroxyl groups is 1. The van der Waals surface area contributed by atoms with Gasteiger partial charge in [-0.3, -0.25) is 4.79 Å². The van der Waals surface area contributed by atoms with E-state index in [0.29, 0.717) is 13.0 Å². The van der Waals surface area contributed by atoms with Gasteiger partial charge in [0, 0.05) is 11.3 Å². The lowest BCUT2D eigenvalue weighted by molar-refractivity contribution is -0.0260. The molecule has 2 atom stereocenters. The maximum atomic E-state index is 12.4. The highest BCUT2D eigenvalue weighted by Crippen LogP contribution is 2.30. The van der Waals surface area contributed by atoms with Gasteiger partial charge in [0.15, 0.2) is 0 Å². The molecule has 3 rings (SSSR count). The lowest BCUT2D eigenvalue weighted by Crippen LogP contribution is -2.48. The summed E-state index contributed by atoms with van der Waals surface area (Å²) in [6, 6.07) is 7.78. The molecule has 4 nitrogen and oxygen atoms in total. The van der Waals surface area contributed by atoms with Gasteiger partial charge in [-0.05, 0) is 30.4 Å². The molecule has 0 spiro atoms. The van der Waals surface area contributed by atoms with E-state index in [1.165, 1.54) is 11.3 Å². The number of amides is 1. The van der Waals surface area contributed by atoms with Gasteiger partial charge in [0.05, 0.1) is 23.6 Å². The predicted octanol–water partition coefficient (Wildman–Crippen LogP) is 2.09. The van der Waals surface area contributed by atoms with E-state index in [-0.39, 0.29) is 18.6 Å². The van der Waals surface area contributed by atoms with Crippen LogP contribution in [0.4, 0.5) is 0 Å². The molecule has 2 N–H and O–H groups in total. The molecule has 1 aromatic carbocycles. The Bertz CT molecular complexity index is 637. The quantitative estimate of drug-likeness (QED) is 0.891. The number of aryl methyl sites for hydroxylation is 1. The van der Waals surface area contributed by atoms with Crippen molar-refractivity contribution in [2.24, 2.45) is 0 Å². The van der Waals surface area contributed by atoms with Crippen molar-refractivity contribution in [3.8, 4) is 0 Å². The minimum atomic E-state index is -0.623. The molecule has 2 heterocycles. The normalized spacial score (nSPS) is 22.9. The van der Waals surface area contributed by atoms with Crippen molar-refractivity contribution >= 4 is 27.3 Å². The number of benzene rings is 1. The first-order valence-electron chi connectivity index (χ1n) is 6.71. The molecular weight excluding hydrogens is 274 g/mol. The topological polar surface area (TPSA) is 58.6 Å². The van der Waals surface area contributed by atoms with E-state index in [0.717, 1.165) is 20.5 Å². The molecule has 20 heavy (non-hydrogen) atoms. The molecule has 1 saturated heterocycles. The second-order valence-electron chi connectivity index (χ2n) is 5.06. The number of rotatable bonds is 2. The summed E-state index contributed by atoms with van der Waals surface area (Å²) < 4.78 is 6.29. The number of fused-ring (bicyclic) bond motifs is 1. The zero-order valence-electron chi connectivity index (χ0n) is 11.3. The maximum absolute atomic E-state index is 12.4. The first-order chi connectivity index (χ1) is 9.66. The Morgan fingerprint density at radius 3 is 3.00 bits per heavy atom. The molecule has 0 saturated carbocycles. The van der Waals surface area contributed by atoms with E-state index in [9.17, 15) is 9.90 Å². The molecule has 0 unspecified atom stereocenters. The lowest BCUT2D eigenvalue weighted by atomic mass is 10.1. The van der Waals surface area contributed by atoms with E-state index in [1.54, 1.807) is 0 Å². The molecule has 1 aliphatic heterocycles.